The first-order chi connectivity index (χ1) is 20.4. The molecule has 1 heterocycles. The molecule has 1 fully saturated rings. The summed E-state index contributed by atoms with van der Waals surface area (Å²) >= 11 is 0. The molecule has 0 spiro atoms. The second-order valence-corrected chi connectivity index (χ2v) is 10.1. The number of carbonyl (C=O) groups excluding carboxylic acids is 3. The van der Waals surface area contributed by atoms with E-state index >= 15 is 0 Å². The van der Waals surface area contributed by atoms with Gasteiger partial charge in [-0.3, -0.25) is 19.2 Å². The second-order valence-electron chi connectivity index (χ2n) is 10.1. The fourth-order valence-electron chi connectivity index (χ4n) is 4.59. The third kappa shape index (κ3) is 9.06. The number of hydrogen-bond acceptors (Lipinski definition) is 9. The number of carbonyl (C=O) groups is 5. The number of hydrogen-bond donors (Lipinski definition) is 8. The lowest BCUT2D eigenvalue weighted by Crippen LogP contribution is -2.60. The zero-order valence-corrected chi connectivity index (χ0v) is 23.3. The number of benzene rings is 2. The highest BCUT2D eigenvalue weighted by atomic mass is 16.5. The minimum atomic E-state index is -1.77. The normalized spacial score (nSPS) is 22.9. The van der Waals surface area contributed by atoms with Crippen LogP contribution in [0.15, 0.2) is 54.6 Å². The third-order valence-corrected chi connectivity index (χ3v) is 7.01. The SMILES string of the molecule is C[C@H](NC(=O)c1ccccc1C(=O)NC[C@H]1O[C@@H](CC(=O)N[C@H](CCC(=O)O)C(=O)O)[C@@H](O)[C@@H](O)[C@@H]1O)c1ccccc1. The smallest absolute Gasteiger partial charge is 0.326 e. The molecule has 232 valence electrons. The molecule has 3 amide bonds. The maximum atomic E-state index is 13.1. The van der Waals surface area contributed by atoms with Crippen LogP contribution in [0.25, 0.3) is 0 Å². The van der Waals surface area contributed by atoms with Crippen molar-refractivity contribution in [2.45, 2.75) is 68.8 Å². The highest BCUT2D eigenvalue weighted by molar-refractivity contribution is 6.07. The summed E-state index contributed by atoms with van der Waals surface area (Å²) < 4.78 is 5.60. The predicted molar refractivity (Wildman–Crippen MR) is 149 cm³/mol. The highest BCUT2D eigenvalue weighted by Crippen LogP contribution is 2.23. The lowest BCUT2D eigenvalue weighted by Gasteiger charge is -2.40. The summed E-state index contributed by atoms with van der Waals surface area (Å²) in [7, 11) is 0. The van der Waals surface area contributed by atoms with Gasteiger partial charge in [0, 0.05) is 13.0 Å². The topological polar surface area (TPSA) is 232 Å². The van der Waals surface area contributed by atoms with Gasteiger partial charge in [0.2, 0.25) is 5.91 Å². The molecule has 2 aromatic carbocycles. The van der Waals surface area contributed by atoms with Crippen LogP contribution in [-0.2, 0) is 19.1 Å². The molecule has 7 atom stereocenters. The molecule has 0 aromatic heterocycles. The summed E-state index contributed by atoms with van der Waals surface area (Å²) in [5, 5.41) is 56.7. The van der Waals surface area contributed by atoms with E-state index in [4.69, 9.17) is 9.84 Å². The van der Waals surface area contributed by atoms with Crippen LogP contribution in [0.5, 0.6) is 0 Å². The van der Waals surface area contributed by atoms with Crippen molar-refractivity contribution in [3.05, 3.63) is 71.3 Å². The van der Waals surface area contributed by atoms with Crippen molar-refractivity contribution in [3.8, 4) is 0 Å². The second kappa shape index (κ2) is 15.2. The Labute approximate surface area is 246 Å². The van der Waals surface area contributed by atoms with Gasteiger partial charge in [0.15, 0.2) is 0 Å². The molecule has 8 N–H and O–H groups in total. The van der Waals surface area contributed by atoms with E-state index in [9.17, 15) is 44.4 Å². The zero-order valence-electron chi connectivity index (χ0n) is 23.3. The fourth-order valence-corrected chi connectivity index (χ4v) is 4.59. The van der Waals surface area contributed by atoms with E-state index in [0.29, 0.717) is 0 Å². The fraction of sp³-hybridized carbons (Fsp3) is 0.414. The zero-order chi connectivity index (χ0) is 31.7. The minimum Gasteiger partial charge on any atom is -0.481 e. The summed E-state index contributed by atoms with van der Waals surface area (Å²) in [6.07, 6.45) is -9.38. The average molecular weight is 602 g/mol. The number of ether oxygens (including phenoxy) is 1. The van der Waals surface area contributed by atoms with Gasteiger partial charge in [-0.25, -0.2) is 4.79 Å². The van der Waals surface area contributed by atoms with Gasteiger partial charge in [-0.05, 0) is 31.0 Å². The van der Waals surface area contributed by atoms with Gasteiger partial charge >= 0.3 is 11.9 Å². The maximum Gasteiger partial charge on any atom is 0.326 e. The van der Waals surface area contributed by atoms with Crippen molar-refractivity contribution in [2.75, 3.05) is 6.54 Å². The van der Waals surface area contributed by atoms with Gasteiger partial charge in [0.05, 0.1) is 29.7 Å². The van der Waals surface area contributed by atoms with E-state index in [0.717, 1.165) is 5.56 Å². The lowest BCUT2D eigenvalue weighted by atomic mass is 9.93. The summed E-state index contributed by atoms with van der Waals surface area (Å²) in [5.74, 6) is -4.80. The van der Waals surface area contributed by atoms with Crippen LogP contribution in [0.2, 0.25) is 0 Å². The number of aliphatic carboxylic acids is 2. The number of rotatable bonds is 13. The molecule has 0 unspecified atom stereocenters. The van der Waals surface area contributed by atoms with E-state index in [2.05, 4.69) is 16.0 Å². The predicted octanol–water partition coefficient (Wildman–Crippen LogP) is -0.418. The lowest BCUT2D eigenvalue weighted by molar-refractivity contribution is -0.220. The first kappa shape index (κ1) is 33.1. The van der Waals surface area contributed by atoms with Crippen molar-refractivity contribution >= 4 is 29.7 Å². The van der Waals surface area contributed by atoms with Gasteiger partial charge in [-0.2, -0.15) is 0 Å². The Kier molecular flexibility index (Phi) is 11.7. The highest BCUT2D eigenvalue weighted by Gasteiger charge is 2.44. The van der Waals surface area contributed by atoms with E-state index < -0.39 is 79.1 Å². The van der Waals surface area contributed by atoms with Gasteiger partial charge in [0.1, 0.15) is 30.5 Å². The van der Waals surface area contributed by atoms with E-state index in [-0.39, 0.29) is 30.1 Å². The van der Waals surface area contributed by atoms with Gasteiger partial charge in [-0.15, -0.1) is 0 Å². The van der Waals surface area contributed by atoms with Crippen molar-refractivity contribution in [2.24, 2.45) is 0 Å². The van der Waals surface area contributed by atoms with Gasteiger partial charge in [-0.1, -0.05) is 42.5 Å². The van der Waals surface area contributed by atoms with E-state index in [1.54, 1.807) is 19.1 Å². The number of nitrogens with one attached hydrogen (secondary N) is 3. The van der Waals surface area contributed by atoms with Crippen LogP contribution in [0.4, 0.5) is 0 Å². The van der Waals surface area contributed by atoms with Crippen LogP contribution in [0.3, 0.4) is 0 Å². The first-order valence-electron chi connectivity index (χ1n) is 13.6. The number of aliphatic hydroxyl groups excluding tert-OH is 3. The molecule has 14 nitrogen and oxygen atoms in total. The Hall–Kier alpha value is -4.37. The molecular weight excluding hydrogens is 566 g/mol. The van der Waals surface area contributed by atoms with Crippen LogP contribution in [-0.4, -0.2) is 98.3 Å². The molecule has 1 aliphatic heterocycles. The molecule has 3 rings (SSSR count). The van der Waals surface area contributed by atoms with Crippen LogP contribution < -0.4 is 16.0 Å². The summed E-state index contributed by atoms with van der Waals surface area (Å²) in [4.78, 5) is 60.7. The molecule has 0 aliphatic carbocycles. The Morgan fingerprint density at radius 3 is 1.98 bits per heavy atom. The monoisotopic (exact) mass is 601 g/mol. The van der Waals surface area contributed by atoms with Crippen molar-refractivity contribution in [1.82, 2.24) is 16.0 Å². The summed E-state index contributed by atoms with van der Waals surface area (Å²) in [6, 6.07) is 13.4. The maximum absolute atomic E-state index is 13.1. The largest absolute Gasteiger partial charge is 0.481 e. The van der Waals surface area contributed by atoms with Crippen LogP contribution >= 0.6 is 0 Å². The summed E-state index contributed by atoms with van der Waals surface area (Å²) in [6.45, 7) is 1.42. The number of carboxylic acid groups (broad SMARTS) is 2. The summed E-state index contributed by atoms with van der Waals surface area (Å²) in [5.41, 5.74) is 0.987. The average Bonchev–Trinajstić information content (AvgIpc) is 2.98. The van der Waals surface area contributed by atoms with Crippen molar-refractivity contribution < 1.29 is 54.2 Å². The molecule has 0 saturated carbocycles. The molecule has 2 aromatic rings. The van der Waals surface area contributed by atoms with Crippen LogP contribution in [0, 0.1) is 0 Å². The minimum absolute atomic E-state index is 0.0307. The van der Waals surface area contributed by atoms with Gasteiger partial charge in [0.25, 0.3) is 11.8 Å². The van der Waals surface area contributed by atoms with E-state index in [1.165, 1.54) is 12.1 Å². The Morgan fingerprint density at radius 2 is 1.37 bits per heavy atom. The molecule has 43 heavy (non-hydrogen) atoms. The molecule has 1 aliphatic rings. The Bertz CT molecular complexity index is 1310. The van der Waals surface area contributed by atoms with Crippen LogP contribution in [0.1, 0.15) is 58.5 Å². The number of aliphatic hydroxyl groups is 3. The molecule has 0 radical (unpaired) electrons. The van der Waals surface area contributed by atoms with Crippen molar-refractivity contribution in [1.29, 1.82) is 0 Å². The third-order valence-electron chi connectivity index (χ3n) is 7.01. The quantitative estimate of drug-likeness (QED) is 0.147. The standard InChI is InChI=1S/C29H35N3O11/c1-15(16-7-3-2-4-8-16)31-28(40)18-10-6-5-9-17(18)27(39)30-14-21-25(37)26(38)24(36)20(43-21)13-22(33)32-19(29(41)42)11-12-23(34)35/h2-10,15,19-21,24-26,36-38H,11-14H2,1H3,(H,30,39)(H,31,40)(H,32,33)(H,34,35)(H,41,42)/t15-,19+,20-,21+,24+,25+,26+/m0/s1. The number of carboxylic acids is 2. The van der Waals surface area contributed by atoms with Gasteiger partial charge < -0.3 is 46.2 Å². The molecule has 14 heteroatoms. The number of amides is 3. The first-order valence-corrected chi connectivity index (χ1v) is 13.6. The Balaban J connectivity index is 1.63. The van der Waals surface area contributed by atoms with E-state index in [1.807, 2.05) is 30.3 Å². The molecule has 1 saturated heterocycles. The Morgan fingerprint density at radius 1 is 0.791 bits per heavy atom. The van der Waals surface area contributed by atoms with Crippen molar-refractivity contribution in [3.63, 3.8) is 0 Å². The molecule has 0 bridgehead atoms. The molecular formula is C29H35N3O11.